The summed E-state index contributed by atoms with van der Waals surface area (Å²) < 4.78 is 6.60. The Hall–Kier alpha value is -9.00. The Labute approximate surface area is 365 Å². The monoisotopic (exact) mass is 900 g/mol. The molecule has 0 amide bonds. The van der Waals surface area contributed by atoms with Crippen LogP contribution >= 0.6 is 0 Å². The van der Waals surface area contributed by atoms with Crippen LogP contribution in [0.4, 0.5) is 0 Å². The first kappa shape index (κ1) is 42.3. The number of fused-ring (bicyclic) bond motifs is 4. The zero-order valence-corrected chi connectivity index (χ0v) is 35.3. The van der Waals surface area contributed by atoms with Crippen molar-refractivity contribution in [2.24, 2.45) is 0 Å². The fraction of sp³-hybridized carbons (Fsp3) is 0.412. The van der Waals surface area contributed by atoms with E-state index in [4.69, 9.17) is 0 Å². The normalized spacial score (nSPS) is 13.5. The molecule has 0 bridgehead atoms. The van der Waals surface area contributed by atoms with Crippen molar-refractivity contribution >= 4 is 43.6 Å². The highest BCUT2D eigenvalue weighted by Gasteiger charge is 2.21. The van der Waals surface area contributed by atoms with Crippen LogP contribution in [-0.2, 0) is 26.2 Å². The second-order valence-electron chi connectivity index (χ2n) is 15.0. The van der Waals surface area contributed by atoms with Gasteiger partial charge in [-0.1, -0.05) is 34.7 Å². The Bertz CT molecular complexity index is 3280. The van der Waals surface area contributed by atoms with Crippen molar-refractivity contribution in [1.29, 1.82) is 0 Å². The van der Waals surface area contributed by atoms with E-state index >= 15 is 0 Å². The summed E-state index contributed by atoms with van der Waals surface area (Å²) in [5, 5.41) is 79.5. The van der Waals surface area contributed by atoms with Crippen LogP contribution in [0.2, 0.25) is 0 Å². The molecule has 336 valence electrons. The maximum absolute atomic E-state index is 13.2. The topological polar surface area (TPSA) is 366 Å². The molecule has 8 aromatic heterocycles. The number of nitrogens with zero attached hydrogens (tertiary/aromatic N) is 28. The second kappa shape index (κ2) is 18.0. The summed E-state index contributed by atoms with van der Waals surface area (Å²) in [5.74, 6) is 0. The number of hydrogen-bond donors (Lipinski definition) is 0. The molecular weight excluding hydrogens is 865 g/mol. The van der Waals surface area contributed by atoms with Gasteiger partial charge >= 0.3 is 0 Å². The van der Waals surface area contributed by atoms with Crippen molar-refractivity contribution in [1.82, 2.24) is 141 Å². The van der Waals surface area contributed by atoms with Crippen LogP contribution in [0.25, 0.3) is 43.6 Å². The minimum atomic E-state index is -0.380. The van der Waals surface area contributed by atoms with E-state index in [9.17, 15) is 19.2 Å². The summed E-state index contributed by atoms with van der Waals surface area (Å²) in [4.78, 5) is 56.6. The standard InChI is InChI=1S/2C17H18N14O2/c1-3-11(7-28-9-19-23-27-28)31-17(33)13-5-14-12(4-15(13)22-26-31)16(32)30(25-21-14)10(2)6-29-20-8-18-24-29;1-3-11(7-29-21-9-19-25-29)31-17(33)13-5-14-12(4-15(13)23-27-31)16(32)30(26-22-14)10(2)6-28-20-8-18-24-28/h2*4-5,8-11H,3,6-7H2,1-2H3/t2*10-,11-/m11/s1. The largest absolute Gasteiger partial charge is 0.278 e. The highest BCUT2D eigenvalue weighted by molar-refractivity contribution is 5.94. The van der Waals surface area contributed by atoms with E-state index in [0.717, 1.165) is 0 Å². The van der Waals surface area contributed by atoms with Gasteiger partial charge in [0.05, 0.1) is 71.9 Å². The molecule has 32 heteroatoms. The maximum Gasteiger partial charge on any atom is 0.278 e. The molecule has 4 atom stereocenters. The third-order valence-corrected chi connectivity index (χ3v) is 10.6. The molecule has 32 nitrogen and oxygen atoms in total. The Morgan fingerprint density at radius 1 is 0.439 bits per heavy atom. The lowest BCUT2D eigenvalue weighted by molar-refractivity contribution is 0.324. The fourth-order valence-corrected chi connectivity index (χ4v) is 7.14. The van der Waals surface area contributed by atoms with Crippen LogP contribution in [-0.4, -0.2) is 141 Å². The molecule has 2 aromatic carbocycles. The van der Waals surface area contributed by atoms with Crippen molar-refractivity contribution < 1.29 is 0 Å². The zero-order valence-electron chi connectivity index (χ0n) is 35.3. The van der Waals surface area contributed by atoms with E-state index in [2.05, 4.69) is 103 Å². The molecule has 8 heterocycles. The van der Waals surface area contributed by atoms with Gasteiger partial charge in [-0.2, -0.15) is 14.4 Å². The molecule has 0 fully saturated rings. The first-order chi connectivity index (χ1) is 32.1. The zero-order chi connectivity index (χ0) is 45.9. The van der Waals surface area contributed by atoms with Gasteiger partial charge in [0, 0.05) is 0 Å². The molecule has 0 unspecified atom stereocenters. The maximum atomic E-state index is 13.2. The van der Waals surface area contributed by atoms with Gasteiger partial charge < -0.3 is 0 Å². The summed E-state index contributed by atoms with van der Waals surface area (Å²) in [6.45, 7) is 8.68. The molecule has 66 heavy (non-hydrogen) atoms. The van der Waals surface area contributed by atoms with Crippen molar-refractivity contribution in [3.8, 4) is 0 Å². The molecule has 10 rings (SSSR count). The average Bonchev–Trinajstić information content (AvgIpc) is 4.19. The average molecular weight is 901 g/mol. The smallest absolute Gasteiger partial charge is 0.267 e. The van der Waals surface area contributed by atoms with E-state index in [0.29, 0.717) is 47.9 Å². The number of aromatic nitrogens is 28. The number of rotatable bonds is 14. The van der Waals surface area contributed by atoms with Crippen LogP contribution in [0.5, 0.6) is 0 Å². The third-order valence-electron chi connectivity index (χ3n) is 10.6. The molecule has 0 aliphatic rings. The van der Waals surface area contributed by atoms with Crippen LogP contribution in [0, 0.1) is 0 Å². The van der Waals surface area contributed by atoms with Crippen molar-refractivity contribution in [3.05, 3.63) is 91.0 Å². The Kier molecular flexibility index (Phi) is 11.5. The predicted octanol–water partition coefficient (Wildman–Crippen LogP) is -2.44. The predicted molar refractivity (Wildman–Crippen MR) is 222 cm³/mol. The van der Waals surface area contributed by atoms with Gasteiger partial charge in [0.25, 0.3) is 22.2 Å². The van der Waals surface area contributed by atoms with Crippen LogP contribution < -0.4 is 22.2 Å². The van der Waals surface area contributed by atoms with Gasteiger partial charge in [0.1, 0.15) is 28.4 Å². The third kappa shape index (κ3) is 8.30. The summed E-state index contributed by atoms with van der Waals surface area (Å²) in [7, 11) is 0. The molecule has 10 aromatic rings. The van der Waals surface area contributed by atoms with Crippen LogP contribution in [0.1, 0.15) is 64.7 Å². The molecule has 0 spiro atoms. The Balaban J connectivity index is 0.000000166. The minimum absolute atomic E-state index is 0.279. The van der Waals surface area contributed by atoms with Crippen LogP contribution in [0.3, 0.4) is 0 Å². The minimum Gasteiger partial charge on any atom is -0.267 e. The Morgan fingerprint density at radius 2 is 0.803 bits per heavy atom. The van der Waals surface area contributed by atoms with Gasteiger partial charge in [-0.05, 0) is 77.0 Å². The lowest BCUT2D eigenvalue weighted by Gasteiger charge is -2.16. The lowest BCUT2D eigenvalue weighted by atomic mass is 10.1. The number of tetrazole rings is 4. The molecule has 0 radical (unpaired) electrons. The SMILES string of the molecule is CC[C@H](Cn1cnnn1)n1nnc2cc3c(=O)n([C@H](C)Cn4ncnn4)nnc3cc2c1=O.CC[C@H](Cn1ncnn1)n1nnc2cc3c(=O)n([C@H](C)Cn4ncnn4)nnc3cc2c1=O. The second-order valence-corrected chi connectivity index (χ2v) is 15.0. The summed E-state index contributed by atoms with van der Waals surface area (Å²) in [6, 6.07) is 4.66. The van der Waals surface area contributed by atoms with E-state index in [-0.39, 0.29) is 81.2 Å². The van der Waals surface area contributed by atoms with Gasteiger partial charge in [-0.25, -0.2) is 23.4 Å². The van der Waals surface area contributed by atoms with E-state index in [1.165, 1.54) is 87.4 Å². The highest BCUT2D eigenvalue weighted by atomic mass is 16.2. The van der Waals surface area contributed by atoms with Gasteiger partial charge in [0.15, 0.2) is 19.0 Å². The number of hydrogen-bond acceptors (Lipinski definition) is 24. The lowest BCUT2D eigenvalue weighted by Crippen LogP contribution is -2.32. The number of benzene rings is 2. The van der Waals surface area contributed by atoms with Crippen molar-refractivity contribution in [3.63, 3.8) is 0 Å². The molecular formula is C34H36N28O4. The van der Waals surface area contributed by atoms with Gasteiger partial charge in [0.2, 0.25) is 0 Å². The highest BCUT2D eigenvalue weighted by Crippen LogP contribution is 2.19. The van der Waals surface area contributed by atoms with Gasteiger partial charge in [-0.15, -0.1) is 56.1 Å². The fourth-order valence-electron chi connectivity index (χ4n) is 7.14. The summed E-state index contributed by atoms with van der Waals surface area (Å²) in [5.41, 5.74) is -0.279. The first-order valence-corrected chi connectivity index (χ1v) is 20.3. The molecule has 0 aliphatic heterocycles. The molecule has 0 aliphatic carbocycles. The quantitative estimate of drug-likeness (QED) is 0.102. The summed E-state index contributed by atoms with van der Waals surface area (Å²) >= 11 is 0. The van der Waals surface area contributed by atoms with E-state index in [1.807, 2.05) is 13.8 Å². The van der Waals surface area contributed by atoms with E-state index in [1.54, 1.807) is 13.8 Å². The van der Waals surface area contributed by atoms with E-state index < -0.39 is 0 Å². The molecule has 0 saturated heterocycles. The van der Waals surface area contributed by atoms with Crippen LogP contribution in [0.15, 0.2) is 68.8 Å². The molecule has 0 N–H and O–H groups in total. The van der Waals surface area contributed by atoms with Crippen molar-refractivity contribution in [2.45, 2.75) is 90.9 Å². The summed E-state index contributed by atoms with van der Waals surface area (Å²) in [6.07, 6.45) is 6.61. The Morgan fingerprint density at radius 3 is 1.15 bits per heavy atom. The first-order valence-electron chi connectivity index (χ1n) is 20.3. The molecule has 0 saturated carbocycles. The van der Waals surface area contributed by atoms with Crippen molar-refractivity contribution in [2.75, 3.05) is 0 Å². The van der Waals surface area contributed by atoms with Gasteiger partial charge in [-0.3, -0.25) is 19.2 Å².